The third-order valence-corrected chi connectivity index (χ3v) is 1.99. The van der Waals surface area contributed by atoms with E-state index in [9.17, 15) is 8.78 Å². The summed E-state index contributed by atoms with van der Waals surface area (Å²) in [5.41, 5.74) is 0.340. The van der Waals surface area contributed by atoms with Gasteiger partial charge in [-0.1, -0.05) is 6.08 Å². The molecule has 0 heterocycles. The van der Waals surface area contributed by atoms with Crippen LogP contribution >= 0.6 is 0 Å². The smallest absolute Gasteiger partial charge is 0.128 e. The van der Waals surface area contributed by atoms with Gasteiger partial charge in [0.25, 0.3) is 0 Å². The molecular formula is C11H13F2N. The van der Waals surface area contributed by atoms with E-state index in [0.29, 0.717) is 12.1 Å². The fraction of sp³-hybridized carbons (Fsp3) is 0.273. The Morgan fingerprint density at radius 1 is 1.50 bits per heavy atom. The molecule has 0 aromatic heterocycles. The summed E-state index contributed by atoms with van der Waals surface area (Å²) < 4.78 is 26.0. The number of rotatable bonds is 4. The maximum absolute atomic E-state index is 13.2. The monoisotopic (exact) mass is 197 g/mol. The highest BCUT2D eigenvalue weighted by molar-refractivity contribution is 5.21. The van der Waals surface area contributed by atoms with Gasteiger partial charge >= 0.3 is 0 Å². The molecule has 0 amide bonds. The lowest BCUT2D eigenvalue weighted by Gasteiger charge is -2.13. The summed E-state index contributed by atoms with van der Waals surface area (Å²) >= 11 is 0. The van der Waals surface area contributed by atoms with Gasteiger partial charge in [0.2, 0.25) is 0 Å². The molecule has 1 N–H and O–H groups in total. The van der Waals surface area contributed by atoms with Crippen molar-refractivity contribution in [2.45, 2.75) is 13.0 Å². The van der Waals surface area contributed by atoms with Crippen LogP contribution in [0.5, 0.6) is 0 Å². The van der Waals surface area contributed by atoms with Gasteiger partial charge in [0.1, 0.15) is 11.6 Å². The Labute approximate surface area is 82.4 Å². The minimum atomic E-state index is -0.423. The Bertz CT molecular complexity index is 323. The first-order chi connectivity index (χ1) is 6.65. The van der Waals surface area contributed by atoms with E-state index in [-0.39, 0.29) is 6.04 Å². The number of nitrogens with one attached hydrogen (secondary N) is 1. The molecule has 0 bridgehead atoms. The van der Waals surface area contributed by atoms with Gasteiger partial charge in [-0.3, -0.25) is 0 Å². The molecule has 0 spiro atoms. The van der Waals surface area contributed by atoms with E-state index in [1.165, 1.54) is 6.07 Å². The van der Waals surface area contributed by atoms with Crippen LogP contribution in [-0.4, -0.2) is 6.54 Å². The maximum Gasteiger partial charge on any atom is 0.128 e. The third-order valence-electron chi connectivity index (χ3n) is 1.99. The van der Waals surface area contributed by atoms with Crippen LogP contribution in [0.25, 0.3) is 0 Å². The molecule has 1 unspecified atom stereocenters. The molecule has 0 radical (unpaired) electrons. The van der Waals surface area contributed by atoms with E-state index in [1.807, 2.05) is 0 Å². The van der Waals surface area contributed by atoms with Crippen molar-refractivity contribution in [3.63, 3.8) is 0 Å². The standard InChI is InChI=1S/C11H13F2N/c1-3-6-14-8(2)10-7-9(12)4-5-11(10)13/h3-5,7-8,14H,1,6H2,2H3. The lowest BCUT2D eigenvalue weighted by atomic mass is 10.1. The lowest BCUT2D eigenvalue weighted by molar-refractivity contribution is 0.536. The zero-order valence-corrected chi connectivity index (χ0v) is 8.06. The lowest BCUT2D eigenvalue weighted by Crippen LogP contribution is -2.19. The van der Waals surface area contributed by atoms with Gasteiger partial charge in [0.15, 0.2) is 0 Å². The maximum atomic E-state index is 13.2. The summed E-state index contributed by atoms with van der Waals surface area (Å²) in [7, 11) is 0. The Morgan fingerprint density at radius 3 is 2.86 bits per heavy atom. The molecule has 1 aromatic carbocycles. The van der Waals surface area contributed by atoms with Crippen LogP contribution < -0.4 is 5.32 Å². The second-order valence-corrected chi connectivity index (χ2v) is 3.08. The topological polar surface area (TPSA) is 12.0 Å². The molecule has 1 rings (SSSR count). The van der Waals surface area contributed by atoms with Crippen molar-refractivity contribution in [1.29, 1.82) is 0 Å². The van der Waals surface area contributed by atoms with Crippen molar-refractivity contribution in [3.05, 3.63) is 48.1 Å². The van der Waals surface area contributed by atoms with Gasteiger partial charge in [-0.05, 0) is 25.1 Å². The van der Waals surface area contributed by atoms with Crippen molar-refractivity contribution in [2.75, 3.05) is 6.54 Å². The van der Waals surface area contributed by atoms with Gasteiger partial charge in [-0.25, -0.2) is 8.78 Å². The SMILES string of the molecule is C=CCNC(C)c1cc(F)ccc1F. The largest absolute Gasteiger partial charge is 0.307 e. The summed E-state index contributed by atoms with van der Waals surface area (Å²) in [6, 6.07) is 3.23. The van der Waals surface area contributed by atoms with E-state index < -0.39 is 11.6 Å². The van der Waals surface area contributed by atoms with Gasteiger partial charge in [0.05, 0.1) is 0 Å². The second kappa shape index (κ2) is 4.86. The summed E-state index contributed by atoms with van der Waals surface area (Å²) in [4.78, 5) is 0. The first-order valence-corrected chi connectivity index (χ1v) is 4.44. The van der Waals surface area contributed by atoms with Crippen molar-refractivity contribution in [3.8, 4) is 0 Å². The molecular weight excluding hydrogens is 184 g/mol. The second-order valence-electron chi connectivity index (χ2n) is 3.08. The highest BCUT2D eigenvalue weighted by Gasteiger charge is 2.10. The average molecular weight is 197 g/mol. The van der Waals surface area contributed by atoms with E-state index in [2.05, 4.69) is 11.9 Å². The van der Waals surface area contributed by atoms with Crippen LogP contribution in [0, 0.1) is 11.6 Å². The Kier molecular flexibility index (Phi) is 3.77. The summed E-state index contributed by atoms with van der Waals surface area (Å²) in [6.07, 6.45) is 1.67. The van der Waals surface area contributed by atoms with Crippen LogP contribution in [0.1, 0.15) is 18.5 Å². The molecule has 0 fully saturated rings. The van der Waals surface area contributed by atoms with E-state index in [4.69, 9.17) is 0 Å². The summed E-state index contributed by atoms with van der Waals surface area (Å²) in [5, 5.41) is 2.99. The molecule has 0 aliphatic carbocycles. The van der Waals surface area contributed by atoms with Gasteiger partial charge in [0, 0.05) is 18.2 Å². The molecule has 14 heavy (non-hydrogen) atoms. The molecule has 0 saturated carbocycles. The van der Waals surface area contributed by atoms with Crippen LogP contribution in [0.3, 0.4) is 0 Å². The molecule has 1 nitrogen and oxygen atoms in total. The summed E-state index contributed by atoms with van der Waals surface area (Å²) in [6.45, 7) is 5.88. The minimum Gasteiger partial charge on any atom is -0.307 e. The van der Waals surface area contributed by atoms with Crippen molar-refractivity contribution in [2.24, 2.45) is 0 Å². The van der Waals surface area contributed by atoms with Gasteiger partial charge in [-0.15, -0.1) is 6.58 Å². The van der Waals surface area contributed by atoms with E-state index in [0.717, 1.165) is 12.1 Å². The van der Waals surface area contributed by atoms with E-state index in [1.54, 1.807) is 13.0 Å². The Balaban J connectivity index is 2.82. The van der Waals surface area contributed by atoms with Crippen LogP contribution in [0.4, 0.5) is 8.78 Å². The van der Waals surface area contributed by atoms with Crippen molar-refractivity contribution in [1.82, 2.24) is 5.32 Å². The van der Waals surface area contributed by atoms with Crippen LogP contribution in [0.2, 0.25) is 0 Å². The molecule has 0 saturated heterocycles. The highest BCUT2D eigenvalue weighted by Crippen LogP contribution is 2.17. The van der Waals surface area contributed by atoms with Crippen molar-refractivity contribution >= 4 is 0 Å². The number of benzene rings is 1. The fourth-order valence-corrected chi connectivity index (χ4v) is 1.22. The van der Waals surface area contributed by atoms with Gasteiger partial charge < -0.3 is 5.32 Å². The first kappa shape index (κ1) is 10.9. The number of hydrogen-bond donors (Lipinski definition) is 1. The van der Waals surface area contributed by atoms with Crippen molar-refractivity contribution < 1.29 is 8.78 Å². The summed E-state index contributed by atoms with van der Waals surface area (Å²) in [5.74, 6) is -0.816. The molecule has 1 atom stereocenters. The van der Waals surface area contributed by atoms with Gasteiger partial charge in [-0.2, -0.15) is 0 Å². The molecule has 3 heteroatoms. The quantitative estimate of drug-likeness (QED) is 0.732. The molecule has 76 valence electrons. The number of halogens is 2. The fourth-order valence-electron chi connectivity index (χ4n) is 1.22. The number of hydrogen-bond acceptors (Lipinski definition) is 1. The Hall–Kier alpha value is -1.22. The first-order valence-electron chi connectivity index (χ1n) is 4.44. The zero-order valence-electron chi connectivity index (χ0n) is 8.06. The highest BCUT2D eigenvalue weighted by atomic mass is 19.1. The van der Waals surface area contributed by atoms with Crippen LogP contribution in [-0.2, 0) is 0 Å². The molecule has 0 aliphatic rings. The molecule has 1 aromatic rings. The average Bonchev–Trinajstić information content (AvgIpc) is 2.18. The minimum absolute atomic E-state index is 0.219. The normalized spacial score (nSPS) is 12.5. The third kappa shape index (κ3) is 2.64. The zero-order chi connectivity index (χ0) is 10.6. The Morgan fingerprint density at radius 2 is 2.21 bits per heavy atom. The van der Waals surface area contributed by atoms with E-state index >= 15 is 0 Å². The van der Waals surface area contributed by atoms with Crippen LogP contribution in [0.15, 0.2) is 30.9 Å². The predicted molar refractivity (Wildman–Crippen MR) is 53.0 cm³/mol. The molecule has 0 aliphatic heterocycles. The predicted octanol–water partition coefficient (Wildman–Crippen LogP) is 2.80.